The number of hydrogen-bond donors (Lipinski definition) is 4. The molecule has 0 radical (unpaired) electrons. The predicted molar refractivity (Wildman–Crippen MR) is 242 cm³/mol. The van der Waals surface area contributed by atoms with Crippen LogP contribution in [0.1, 0.15) is 58.8 Å². The molecule has 19 nitrogen and oxygen atoms in total. The van der Waals surface area contributed by atoms with Crippen molar-refractivity contribution < 1.29 is 79.2 Å². The van der Waals surface area contributed by atoms with Gasteiger partial charge in [0, 0.05) is 148 Å². The Morgan fingerprint density at radius 2 is 0.694 bits per heavy atom. The van der Waals surface area contributed by atoms with Crippen LogP contribution in [0.5, 0.6) is 0 Å². The zero-order valence-corrected chi connectivity index (χ0v) is 43.3. The Bertz CT molecular complexity index is 949. The highest BCUT2D eigenvalue weighted by molar-refractivity contribution is 6.61. The quantitative estimate of drug-likeness (QED) is 0.0509. The first-order valence-corrected chi connectivity index (χ1v) is 28.0. The monoisotopic (exact) mass is 955 g/mol. The first kappa shape index (κ1) is 61.9. The maximum atomic E-state index is 11.1. The van der Waals surface area contributed by atoms with E-state index in [4.69, 9.17) is 58.8 Å². The zero-order chi connectivity index (χ0) is 46.7. The van der Waals surface area contributed by atoms with Gasteiger partial charge >= 0.3 is 26.4 Å². The van der Waals surface area contributed by atoms with Crippen molar-refractivity contribution in [1.29, 1.82) is 0 Å². The van der Waals surface area contributed by atoms with Crippen molar-refractivity contribution in [3.8, 4) is 0 Å². The molecule has 0 amide bonds. The van der Waals surface area contributed by atoms with Crippen molar-refractivity contribution in [1.82, 2.24) is 9.80 Å². The predicted octanol–water partition coefficient (Wildman–Crippen LogP) is 2.12. The number of hydrogen-bond acceptors (Lipinski definition) is 19. The van der Waals surface area contributed by atoms with Gasteiger partial charge in [0.05, 0.1) is 50.8 Å². The highest BCUT2D eigenvalue weighted by atomic mass is 28.4. The Labute approximate surface area is 377 Å². The van der Waals surface area contributed by atoms with Gasteiger partial charge in [-0.15, -0.1) is 0 Å². The molecule has 22 heteroatoms. The molecule has 0 bridgehead atoms. The van der Waals surface area contributed by atoms with Crippen molar-refractivity contribution >= 4 is 26.4 Å². The Morgan fingerprint density at radius 3 is 0.952 bits per heavy atom. The third-order valence-electron chi connectivity index (χ3n) is 10.9. The summed E-state index contributed by atoms with van der Waals surface area (Å²) in [7, 11) is 5.91. The normalized spacial score (nSPS) is 15.4. The SMILES string of the molecule is CCCCC(CC)COCC(O)CN(CCN(CC(O)COCCC[Si](OC)(OC)OC)CC(O)COCCC[Si](OC)(OC)OC)CC(O)COCCC[Si](OC)(OC)OC. The van der Waals surface area contributed by atoms with Crippen LogP contribution in [-0.2, 0) is 58.8 Å². The van der Waals surface area contributed by atoms with Crippen LogP contribution in [-0.4, -0.2) is 237 Å². The third kappa shape index (κ3) is 27.5. The lowest BCUT2D eigenvalue weighted by Crippen LogP contribution is -2.47. The second kappa shape index (κ2) is 37.9. The van der Waals surface area contributed by atoms with Crippen molar-refractivity contribution in [2.45, 2.75) is 101 Å². The molecule has 0 spiro atoms. The van der Waals surface area contributed by atoms with E-state index in [1.807, 2.05) is 9.80 Å². The molecule has 62 heavy (non-hydrogen) atoms. The molecule has 0 aromatic heterocycles. The summed E-state index contributed by atoms with van der Waals surface area (Å²) in [5.74, 6) is 0.439. The summed E-state index contributed by atoms with van der Waals surface area (Å²) in [6.45, 7) is 8.09. The number of unbranched alkanes of at least 4 members (excludes halogenated alkanes) is 1. The third-order valence-corrected chi connectivity index (χ3v) is 19.4. The van der Waals surface area contributed by atoms with Gasteiger partial charge in [-0.1, -0.05) is 33.1 Å². The van der Waals surface area contributed by atoms with E-state index >= 15 is 0 Å². The molecule has 0 saturated heterocycles. The second-order valence-electron chi connectivity index (χ2n) is 15.5. The van der Waals surface area contributed by atoms with Crippen LogP contribution in [0.15, 0.2) is 0 Å². The Kier molecular flexibility index (Phi) is 37.9. The van der Waals surface area contributed by atoms with Crippen LogP contribution >= 0.6 is 0 Å². The van der Waals surface area contributed by atoms with Crippen LogP contribution in [0.25, 0.3) is 0 Å². The highest BCUT2D eigenvalue weighted by Gasteiger charge is 2.38. The Morgan fingerprint density at radius 1 is 0.403 bits per heavy atom. The average molecular weight is 955 g/mol. The summed E-state index contributed by atoms with van der Waals surface area (Å²) in [6, 6.07) is 1.70. The molecule has 0 saturated carbocycles. The van der Waals surface area contributed by atoms with Gasteiger partial charge < -0.3 is 79.2 Å². The number of aliphatic hydroxyl groups excluding tert-OH is 4. The van der Waals surface area contributed by atoms with Gasteiger partial charge in [-0.25, -0.2) is 0 Å². The molecule has 0 rings (SSSR count). The van der Waals surface area contributed by atoms with Gasteiger partial charge in [0.25, 0.3) is 0 Å². The lowest BCUT2D eigenvalue weighted by Gasteiger charge is -2.32. The molecule has 0 aliphatic rings. The van der Waals surface area contributed by atoms with Gasteiger partial charge in [-0.2, -0.15) is 0 Å². The molecular weight excluding hydrogens is 865 g/mol. The van der Waals surface area contributed by atoms with E-state index < -0.39 is 50.8 Å². The summed E-state index contributed by atoms with van der Waals surface area (Å²) >= 11 is 0. The minimum atomic E-state index is -2.74. The van der Waals surface area contributed by atoms with E-state index in [0.29, 0.717) is 82.8 Å². The van der Waals surface area contributed by atoms with Crippen LogP contribution in [0.3, 0.4) is 0 Å². The molecule has 0 heterocycles. The molecule has 0 fully saturated rings. The number of nitrogens with zero attached hydrogens (tertiary/aromatic N) is 2. The number of ether oxygens (including phenoxy) is 4. The highest BCUT2D eigenvalue weighted by Crippen LogP contribution is 2.18. The fourth-order valence-corrected chi connectivity index (χ4v) is 12.0. The summed E-state index contributed by atoms with van der Waals surface area (Å²) < 4.78 is 72.9. The van der Waals surface area contributed by atoms with Crippen molar-refractivity contribution in [3.05, 3.63) is 0 Å². The molecule has 4 N–H and O–H groups in total. The molecule has 5 atom stereocenters. The van der Waals surface area contributed by atoms with E-state index in [1.165, 1.54) is 0 Å². The number of rotatable bonds is 46. The van der Waals surface area contributed by atoms with Crippen LogP contribution < -0.4 is 0 Å². The lowest BCUT2D eigenvalue weighted by atomic mass is 10.0. The first-order chi connectivity index (χ1) is 29.8. The zero-order valence-electron chi connectivity index (χ0n) is 40.3. The average Bonchev–Trinajstić information content (AvgIpc) is 3.28. The fraction of sp³-hybridized carbons (Fsp3) is 1.00. The molecule has 0 aromatic carbocycles. The van der Waals surface area contributed by atoms with Gasteiger partial charge in [0.2, 0.25) is 0 Å². The number of aliphatic hydroxyl groups is 4. The summed E-state index contributed by atoms with van der Waals surface area (Å²) in [5, 5.41) is 44.5. The minimum Gasteiger partial charge on any atom is -0.389 e. The molecule has 5 unspecified atom stereocenters. The Hall–Kier alpha value is -0.109. The van der Waals surface area contributed by atoms with Gasteiger partial charge in [0.1, 0.15) is 0 Å². The van der Waals surface area contributed by atoms with Crippen LogP contribution in [0, 0.1) is 5.92 Å². The van der Waals surface area contributed by atoms with E-state index in [0.717, 1.165) is 25.7 Å². The lowest BCUT2D eigenvalue weighted by molar-refractivity contribution is -0.0267. The van der Waals surface area contributed by atoms with Gasteiger partial charge in [-0.05, 0) is 31.6 Å². The second-order valence-corrected chi connectivity index (χ2v) is 24.8. The van der Waals surface area contributed by atoms with Crippen LogP contribution in [0.2, 0.25) is 18.1 Å². The molecule has 374 valence electrons. The molecule has 0 aromatic rings. The van der Waals surface area contributed by atoms with Gasteiger partial charge in [0.15, 0.2) is 0 Å². The van der Waals surface area contributed by atoms with Crippen molar-refractivity contribution in [2.75, 3.05) is 156 Å². The summed E-state index contributed by atoms with van der Waals surface area (Å²) in [5.41, 5.74) is 0. The molecule has 0 aliphatic carbocycles. The largest absolute Gasteiger partial charge is 0.500 e. The maximum absolute atomic E-state index is 11.1. The van der Waals surface area contributed by atoms with Gasteiger partial charge in [-0.3, -0.25) is 9.80 Å². The molecular formula is C40H90N2O17Si3. The fourth-order valence-electron chi connectivity index (χ4n) is 6.97. The van der Waals surface area contributed by atoms with E-state index in [2.05, 4.69) is 13.8 Å². The van der Waals surface area contributed by atoms with Crippen molar-refractivity contribution in [3.63, 3.8) is 0 Å². The van der Waals surface area contributed by atoms with E-state index in [-0.39, 0.29) is 52.6 Å². The summed E-state index contributed by atoms with van der Waals surface area (Å²) in [4.78, 5) is 3.90. The topological polar surface area (TPSA) is 207 Å². The maximum Gasteiger partial charge on any atom is 0.500 e. The standard InChI is InChI=1S/C40H90N2O17Si3/c1-12-14-18-36(13-2)31-59-35-40(46)30-42(29-39(45)34-58-23-17-26-62(53-9,54-10)55-11)20-19-41(27-37(43)32-56-21-15-24-60(47-3,48-4)49-5)28-38(44)33-57-22-16-25-61(50-6,51-7)52-8/h36-40,43-46H,12-35H2,1-11H3. The first-order valence-electron chi connectivity index (χ1n) is 22.2. The van der Waals surface area contributed by atoms with Crippen molar-refractivity contribution in [2.24, 2.45) is 5.92 Å². The smallest absolute Gasteiger partial charge is 0.389 e. The molecule has 0 aliphatic heterocycles. The minimum absolute atomic E-state index is 0.0737. The van der Waals surface area contributed by atoms with E-state index in [1.54, 1.807) is 64.0 Å². The van der Waals surface area contributed by atoms with E-state index in [9.17, 15) is 20.4 Å². The summed E-state index contributed by atoms with van der Waals surface area (Å²) in [6.07, 6.45) is 2.86. The van der Waals surface area contributed by atoms with Crippen LogP contribution in [0.4, 0.5) is 0 Å². The Balaban J connectivity index is 5.76.